The van der Waals surface area contributed by atoms with Gasteiger partial charge in [-0.2, -0.15) is 15.6 Å². The van der Waals surface area contributed by atoms with Gasteiger partial charge in [0.05, 0.1) is 47.6 Å². The molecule has 11 heteroatoms. The number of aromatic nitrogens is 5. The van der Waals surface area contributed by atoms with Crippen molar-refractivity contribution in [2.45, 2.75) is 25.4 Å². The smallest absolute Gasteiger partial charge is 0.257 e. The molecular weight excluding hydrogens is 473 g/mol. The summed E-state index contributed by atoms with van der Waals surface area (Å²) in [5.74, 6) is -1.08. The molecule has 1 aliphatic heterocycles. The zero-order valence-corrected chi connectivity index (χ0v) is 20.2. The van der Waals surface area contributed by atoms with Gasteiger partial charge in [-0.3, -0.25) is 14.4 Å². The molecule has 5 rings (SSSR count). The molecule has 186 valence electrons. The van der Waals surface area contributed by atoms with Gasteiger partial charge in [-0.15, -0.1) is 0 Å². The molecule has 0 aliphatic carbocycles. The first-order chi connectivity index (χ1) is 18.0. The summed E-state index contributed by atoms with van der Waals surface area (Å²) in [7, 11) is 0. The minimum absolute atomic E-state index is 0.0352. The second-order valence-corrected chi connectivity index (χ2v) is 9.10. The van der Waals surface area contributed by atoms with E-state index >= 15 is 0 Å². The van der Waals surface area contributed by atoms with Crippen molar-refractivity contribution in [3.05, 3.63) is 66.1 Å². The summed E-state index contributed by atoms with van der Waals surface area (Å²) in [6.45, 7) is 4.09. The van der Waals surface area contributed by atoms with Gasteiger partial charge in [0.2, 0.25) is 0 Å². The summed E-state index contributed by atoms with van der Waals surface area (Å²) >= 11 is 0. The van der Waals surface area contributed by atoms with E-state index in [0.717, 1.165) is 28.4 Å². The number of hydrogen-bond donors (Lipinski definition) is 1. The largest absolute Gasteiger partial charge is 0.346 e. The van der Waals surface area contributed by atoms with Crippen molar-refractivity contribution in [3.63, 3.8) is 0 Å². The van der Waals surface area contributed by atoms with E-state index in [1.807, 2.05) is 31.5 Å². The zero-order chi connectivity index (χ0) is 25.9. The third-order valence-corrected chi connectivity index (χ3v) is 6.70. The molecule has 1 fully saturated rings. The SMILES string of the molecule is C[C@@H]1CN(CC(CC#N)n2cc(-c3ncnc4[nH]ccc34)cn2)CCN1C(=O)c1ccc(C#N)cc1F. The van der Waals surface area contributed by atoms with Crippen LogP contribution in [0.25, 0.3) is 22.3 Å². The fourth-order valence-electron chi connectivity index (χ4n) is 4.82. The van der Waals surface area contributed by atoms with Gasteiger partial charge in [0.1, 0.15) is 17.8 Å². The Morgan fingerprint density at radius 3 is 2.89 bits per heavy atom. The molecule has 1 aromatic carbocycles. The topological polar surface area (TPSA) is 131 Å². The van der Waals surface area contributed by atoms with Gasteiger partial charge >= 0.3 is 0 Å². The van der Waals surface area contributed by atoms with E-state index in [4.69, 9.17) is 5.26 Å². The van der Waals surface area contributed by atoms with Crippen LogP contribution in [0.5, 0.6) is 0 Å². The minimum Gasteiger partial charge on any atom is -0.346 e. The van der Waals surface area contributed by atoms with E-state index in [9.17, 15) is 14.4 Å². The highest BCUT2D eigenvalue weighted by atomic mass is 19.1. The first-order valence-electron chi connectivity index (χ1n) is 11.9. The van der Waals surface area contributed by atoms with Crippen molar-refractivity contribution in [1.82, 2.24) is 34.5 Å². The van der Waals surface area contributed by atoms with Gasteiger partial charge in [0, 0.05) is 55.6 Å². The van der Waals surface area contributed by atoms with Crippen LogP contribution in [0.2, 0.25) is 0 Å². The monoisotopic (exact) mass is 497 g/mol. The van der Waals surface area contributed by atoms with Crippen molar-refractivity contribution in [3.8, 4) is 23.4 Å². The number of benzene rings is 1. The molecule has 1 N–H and O–H groups in total. The third kappa shape index (κ3) is 4.77. The average Bonchev–Trinajstić information content (AvgIpc) is 3.58. The summed E-state index contributed by atoms with van der Waals surface area (Å²) in [5.41, 5.74) is 2.49. The number of nitrogens with one attached hydrogen (secondary N) is 1. The number of H-pyrrole nitrogens is 1. The molecule has 0 bridgehead atoms. The first-order valence-corrected chi connectivity index (χ1v) is 11.9. The van der Waals surface area contributed by atoms with Crippen LogP contribution in [-0.4, -0.2) is 72.7 Å². The number of fused-ring (bicyclic) bond motifs is 1. The van der Waals surface area contributed by atoms with Crippen LogP contribution in [0.15, 0.2) is 49.2 Å². The number of aromatic amines is 1. The van der Waals surface area contributed by atoms with E-state index in [-0.39, 0.29) is 35.5 Å². The van der Waals surface area contributed by atoms with Crippen LogP contribution in [0.1, 0.15) is 35.3 Å². The van der Waals surface area contributed by atoms with Crippen molar-refractivity contribution < 1.29 is 9.18 Å². The predicted molar refractivity (Wildman–Crippen MR) is 132 cm³/mol. The van der Waals surface area contributed by atoms with E-state index in [2.05, 4.69) is 31.0 Å². The number of halogens is 1. The molecule has 1 aliphatic rings. The van der Waals surface area contributed by atoms with Gasteiger partial charge < -0.3 is 9.88 Å². The Morgan fingerprint density at radius 2 is 2.14 bits per heavy atom. The summed E-state index contributed by atoms with van der Waals surface area (Å²) in [4.78, 5) is 28.6. The summed E-state index contributed by atoms with van der Waals surface area (Å²) in [6, 6.07) is 9.61. The maximum absolute atomic E-state index is 14.4. The van der Waals surface area contributed by atoms with Crippen molar-refractivity contribution in [1.29, 1.82) is 10.5 Å². The number of carbonyl (C=O) groups is 1. The molecule has 0 spiro atoms. The fraction of sp³-hybridized carbons (Fsp3) is 0.308. The maximum atomic E-state index is 14.4. The fourth-order valence-corrected chi connectivity index (χ4v) is 4.82. The van der Waals surface area contributed by atoms with Crippen molar-refractivity contribution in [2.75, 3.05) is 26.2 Å². The van der Waals surface area contributed by atoms with Crippen molar-refractivity contribution >= 4 is 16.9 Å². The predicted octanol–water partition coefficient (Wildman–Crippen LogP) is 3.13. The van der Waals surface area contributed by atoms with Crippen LogP contribution < -0.4 is 0 Å². The molecular formula is C26H24FN9O. The molecule has 37 heavy (non-hydrogen) atoms. The average molecular weight is 498 g/mol. The summed E-state index contributed by atoms with van der Waals surface area (Å²) in [6.07, 6.45) is 7.23. The molecule has 1 unspecified atom stereocenters. The Morgan fingerprint density at radius 1 is 1.27 bits per heavy atom. The second-order valence-electron chi connectivity index (χ2n) is 9.10. The molecule has 10 nitrogen and oxygen atoms in total. The Balaban J connectivity index is 1.28. The van der Waals surface area contributed by atoms with Crippen molar-refractivity contribution in [2.24, 2.45) is 0 Å². The summed E-state index contributed by atoms with van der Waals surface area (Å²) < 4.78 is 16.2. The number of amides is 1. The van der Waals surface area contributed by atoms with Crippen LogP contribution in [0, 0.1) is 28.5 Å². The quantitative estimate of drug-likeness (QED) is 0.433. The molecule has 0 saturated carbocycles. The highest BCUT2D eigenvalue weighted by molar-refractivity contribution is 5.95. The second kappa shape index (κ2) is 10.2. The molecule has 1 saturated heterocycles. The Bertz CT molecular complexity index is 1530. The molecule has 4 heterocycles. The van der Waals surface area contributed by atoms with Crippen LogP contribution in [-0.2, 0) is 0 Å². The maximum Gasteiger partial charge on any atom is 0.257 e. The first kappa shape index (κ1) is 24.1. The third-order valence-electron chi connectivity index (χ3n) is 6.70. The van der Waals surface area contributed by atoms with Crippen LogP contribution in [0.3, 0.4) is 0 Å². The lowest BCUT2D eigenvalue weighted by atomic mass is 10.1. The van der Waals surface area contributed by atoms with E-state index in [1.54, 1.807) is 15.8 Å². The number of rotatable bonds is 6. The van der Waals surface area contributed by atoms with Gasteiger partial charge in [-0.05, 0) is 31.2 Å². The number of nitriles is 2. The van der Waals surface area contributed by atoms with E-state index in [1.165, 1.54) is 18.5 Å². The molecule has 0 radical (unpaired) electrons. The number of nitrogens with zero attached hydrogens (tertiary/aromatic N) is 8. The highest BCUT2D eigenvalue weighted by Gasteiger charge is 2.31. The lowest BCUT2D eigenvalue weighted by molar-refractivity contribution is 0.0456. The van der Waals surface area contributed by atoms with Crippen LogP contribution in [0.4, 0.5) is 4.39 Å². The standard InChI is InChI=1S/C26H24FN9O/c1-17-13-34(8-9-35(17)26(37)21-3-2-18(11-29)10-23(21)27)15-20(4-6-28)36-14-19(12-33-36)24-22-5-7-30-25(22)32-16-31-24/h2-3,5,7,10,12,14,16-17,20H,4,8-9,13,15H2,1H3,(H,30,31,32)/t17-,20?/m1/s1. The van der Waals surface area contributed by atoms with Crippen LogP contribution >= 0.6 is 0 Å². The van der Waals surface area contributed by atoms with Gasteiger partial charge in [-0.25, -0.2) is 14.4 Å². The molecule has 3 aromatic heterocycles. The Hall–Kier alpha value is -4.61. The van der Waals surface area contributed by atoms with E-state index in [0.29, 0.717) is 26.2 Å². The highest BCUT2D eigenvalue weighted by Crippen LogP contribution is 2.26. The Kier molecular flexibility index (Phi) is 6.62. The Labute approximate surface area is 212 Å². The van der Waals surface area contributed by atoms with Gasteiger partial charge in [0.15, 0.2) is 0 Å². The summed E-state index contributed by atoms with van der Waals surface area (Å²) in [5, 5.41) is 23.9. The van der Waals surface area contributed by atoms with Gasteiger partial charge in [-0.1, -0.05) is 0 Å². The number of piperazine rings is 1. The lowest BCUT2D eigenvalue weighted by Crippen LogP contribution is -2.55. The molecule has 1 amide bonds. The number of hydrogen-bond acceptors (Lipinski definition) is 7. The zero-order valence-electron chi connectivity index (χ0n) is 20.2. The molecule has 2 atom stereocenters. The normalized spacial score (nSPS) is 16.9. The van der Waals surface area contributed by atoms with E-state index < -0.39 is 5.82 Å². The molecule has 4 aromatic rings. The number of carbonyl (C=O) groups excluding carboxylic acids is 1. The van der Waals surface area contributed by atoms with Gasteiger partial charge in [0.25, 0.3) is 5.91 Å². The lowest BCUT2D eigenvalue weighted by Gasteiger charge is -2.41. The minimum atomic E-state index is -0.692.